The van der Waals surface area contributed by atoms with Crippen LogP contribution in [0.5, 0.6) is 0 Å². The Morgan fingerprint density at radius 2 is 2.25 bits per heavy atom. The van der Waals surface area contributed by atoms with Gasteiger partial charge in [0.1, 0.15) is 12.4 Å². The lowest BCUT2D eigenvalue weighted by Gasteiger charge is -1.88. The minimum atomic E-state index is -0.0740. The summed E-state index contributed by atoms with van der Waals surface area (Å²) in [5.74, 6) is 0.558. The highest BCUT2D eigenvalue weighted by Crippen LogP contribution is 2.08. The SMILES string of the molecule is Cc1ccc2[nH]c(CO)nc2n1. The van der Waals surface area contributed by atoms with E-state index in [1.165, 1.54) is 0 Å². The summed E-state index contributed by atoms with van der Waals surface area (Å²) < 4.78 is 0. The molecular formula is C8H9N3O. The van der Waals surface area contributed by atoms with E-state index in [2.05, 4.69) is 15.0 Å². The number of rotatable bonds is 1. The molecule has 0 saturated heterocycles. The molecule has 12 heavy (non-hydrogen) atoms. The zero-order valence-corrected chi connectivity index (χ0v) is 6.70. The Morgan fingerprint density at radius 3 is 3.00 bits per heavy atom. The summed E-state index contributed by atoms with van der Waals surface area (Å²) in [6, 6.07) is 3.81. The maximum absolute atomic E-state index is 8.79. The zero-order chi connectivity index (χ0) is 8.55. The van der Waals surface area contributed by atoms with Crippen molar-refractivity contribution in [1.82, 2.24) is 15.0 Å². The fraction of sp³-hybridized carbons (Fsp3) is 0.250. The van der Waals surface area contributed by atoms with Crippen molar-refractivity contribution in [3.63, 3.8) is 0 Å². The molecule has 0 aliphatic rings. The molecule has 0 fully saturated rings. The standard InChI is InChI=1S/C8H9N3O/c1-5-2-3-6-8(9-5)11-7(4-12)10-6/h2-3,12H,4H2,1H3,(H,9,10,11). The van der Waals surface area contributed by atoms with Gasteiger partial charge in [0.25, 0.3) is 0 Å². The molecule has 2 rings (SSSR count). The molecular weight excluding hydrogens is 154 g/mol. The van der Waals surface area contributed by atoms with Crippen LogP contribution in [0.3, 0.4) is 0 Å². The first-order chi connectivity index (χ1) is 5.79. The second kappa shape index (κ2) is 2.57. The van der Waals surface area contributed by atoms with E-state index in [9.17, 15) is 0 Å². The van der Waals surface area contributed by atoms with Crippen LogP contribution in [0.4, 0.5) is 0 Å². The van der Waals surface area contributed by atoms with E-state index in [1.54, 1.807) is 0 Å². The average molecular weight is 163 g/mol. The van der Waals surface area contributed by atoms with Crippen molar-refractivity contribution in [2.45, 2.75) is 13.5 Å². The normalized spacial score (nSPS) is 10.8. The molecule has 2 N–H and O–H groups in total. The highest BCUT2D eigenvalue weighted by molar-refractivity contribution is 5.70. The molecule has 0 amide bonds. The van der Waals surface area contributed by atoms with Crippen LogP contribution >= 0.6 is 0 Å². The Kier molecular flexibility index (Phi) is 1.55. The van der Waals surface area contributed by atoms with Gasteiger partial charge in [-0.3, -0.25) is 0 Å². The van der Waals surface area contributed by atoms with Crippen molar-refractivity contribution < 1.29 is 5.11 Å². The summed E-state index contributed by atoms with van der Waals surface area (Å²) in [7, 11) is 0. The number of aliphatic hydroxyl groups is 1. The van der Waals surface area contributed by atoms with Crippen LogP contribution in [0.25, 0.3) is 11.2 Å². The van der Waals surface area contributed by atoms with Crippen molar-refractivity contribution >= 4 is 11.2 Å². The molecule has 0 aliphatic carbocycles. The van der Waals surface area contributed by atoms with Crippen molar-refractivity contribution in [3.05, 3.63) is 23.7 Å². The van der Waals surface area contributed by atoms with E-state index in [1.807, 2.05) is 19.1 Å². The third kappa shape index (κ3) is 1.06. The van der Waals surface area contributed by atoms with E-state index in [4.69, 9.17) is 5.11 Å². The molecule has 4 heteroatoms. The Bertz CT molecular complexity index is 408. The first-order valence-corrected chi connectivity index (χ1v) is 3.72. The fourth-order valence-electron chi connectivity index (χ4n) is 1.11. The number of aromatic nitrogens is 3. The topological polar surface area (TPSA) is 61.8 Å². The van der Waals surface area contributed by atoms with E-state index in [-0.39, 0.29) is 6.61 Å². The Morgan fingerprint density at radius 1 is 1.42 bits per heavy atom. The molecule has 0 atom stereocenters. The van der Waals surface area contributed by atoms with Gasteiger partial charge in [-0.05, 0) is 19.1 Å². The zero-order valence-electron chi connectivity index (χ0n) is 6.70. The lowest BCUT2D eigenvalue weighted by atomic mass is 10.4. The van der Waals surface area contributed by atoms with Crippen molar-refractivity contribution in [2.75, 3.05) is 0 Å². The lowest BCUT2D eigenvalue weighted by Crippen LogP contribution is -1.83. The molecule has 0 aliphatic heterocycles. The van der Waals surface area contributed by atoms with Crippen LogP contribution in [0, 0.1) is 6.92 Å². The van der Waals surface area contributed by atoms with Gasteiger partial charge in [0, 0.05) is 5.69 Å². The Labute approximate surface area is 69.3 Å². The predicted octanol–water partition coefficient (Wildman–Crippen LogP) is 0.759. The van der Waals surface area contributed by atoms with Gasteiger partial charge >= 0.3 is 0 Å². The third-order valence-corrected chi connectivity index (χ3v) is 1.68. The number of nitrogens with one attached hydrogen (secondary N) is 1. The largest absolute Gasteiger partial charge is 0.388 e. The van der Waals surface area contributed by atoms with Gasteiger partial charge in [0.05, 0.1) is 5.52 Å². The number of imidazole rings is 1. The molecule has 0 saturated carbocycles. The van der Waals surface area contributed by atoms with Crippen molar-refractivity contribution in [1.29, 1.82) is 0 Å². The molecule has 0 spiro atoms. The fourth-order valence-corrected chi connectivity index (χ4v) is 1.11. The van der Waals surface area contributed by atoms with Gasteiger partial charge in [-0.1, -0.05) is 0 Å². The van der Waals surface area contributed by atoms with Crippen LogP contribution in [0.1, 0.15) is 11.5 Å². The van der Waals surface area contributed by atoms with Crippen LogP contribution in [-0.2, 0) is 6.61 Å². The number of aliphatic hydroxyl groups excluding tert-OH is 1. The molecule has 2 aromatic rings. The summed E-state index contributed by atoms with van der Waals surface area (Å²) >= 11 is 0. The number of pyridine rings is 1. The number of fused-ring (bicyclic) bond motifs is 1. The Hall–Kier alpha value is -1.42. The number of aryl methyl sites for hydroxylation is 1. The number of nitrogens with zero attached hydrogens (tertiary/aromatic N) is 2. The first kappa shape index (κ1) is 7.24. The van der Waals surface area contributed by atoms with Crippen LogP contribution < -0.4 is 0 Å². The van der Waals surface area contributed by atoms with Gasteiger partial charge in [-0.2, -0.15) is 0 Å². The van der Waals surface area contributed by atoms with Crippen molar-refractivity contribution in [2.24, 2.45) is 0 Å². The van der Waals surface area contributed by atoms with E-state index >= 15 is 0 Å². The quantitative estimate of drug-likeness (QED) is 0.652. The molecule has 62 valence electrons. The molecule has 0 unspecified atom stereocenters. The maximum Gasteiger partial charge on any atom is 0.178 e. The molecule has 2 aromatic heterocycles. The third-order valence-electron chi connectivity index (χ3n) is 1.68. The summed E-state index contributed by atoms with van der Waals surface area (Å²) in [5, 5.41) is 8.79. The first-order valence-electron chi connectivity index (χ1n) is 3.72. The van der Waals surface area contributed by atoms with Crippen molar-refractivity contribution in [3.8, 4) is 0 Å². The highest BCUT2D eigenvalue weighted by atomic mass is 16.3. The number of aromatic amines is 1. The summed E-state index contributed by atoms with van der Waals surface area (Å²) in [4.78, 5) is 11.2. The second-order valence-electron chi connectivity index (χ2n) is 2.67. The van der Waals surface area contributed by atoms with Crippen LogP contribution in [0.15, 0.2) is 12.1 Å². The van der Waals surface area contributed by atoms with Crippen LogP contribution in [-0.4, -0.2) is 20.1 Å². The van der Waals surface area contributed by atoms with Gasteiger partial charge in [0.15, 0.2) is 5.65 Å². The minimum Gasteiger partial charge on any atom is -0.388 e. The Balaban J connectivity index is 2.67. The maximum atomic E-state index is 8.79. The molecule has 0 bridgehead atoms. The molecule has 4 nitrogen and oxygen atoms in total. The van der Waals surface area contributed by atoms with Crippen LogP contribution in [0.2, 0.25) is 0 Å². The molecule has 2 heterocycles. The lowest BCUT2D eigenvalue weighted by molar-refractivity contribution is 0.273. The van der Waals surface area contributed by atoms with Gasteiger partial charge in [-0.15, -0.1) is 0 Å². The summed E-state index contributed by atoms with van der Waals surface area (Å²) in [5.41, 5.74) is 2.46. The minimum absolute atomic E-state index is 0.0740. The number of hydrogen-bond acceptors (Lipinski definition) is 3. The predicted molar refractivity (Wildman–Crippen MR) is 44.5 cm³/mol. The highest BCUT2D eigenvalue weighted by Gasteiger charge is 2.01. The van der Waals surface area contributed by atoms with Gasteiger partial charge in [0.2, 0.25) is 0 Å². The van der Waals surface area contributed by atoms with E-state index in [0.717, 1.165) is 11.2 Å². The molecule has 0 aromatic carbocycles. The van der Waals surface area contributed by atoms with E-state index < -0.39 is 0 Å². The number of hydrogen-bond donors (Lipinski definition) is 2. The summed E-state index contributed by atoms with van der Waals surface area (Å²) in [6.07, 6.45) is 0. The smallest absolute Gasteiger partial charge is 0.178 e. The average Bonchev–Trinajstić information content (AvgIpc) is 2.46. The van der Waals surface area contributed by atoms with Gasteiger partial charge in [-0.25, -0.2) is 9.97 Å². The second-order valence-corrected chi connectivity index (χ2v) is 2.67. The molecule has 0 radical (unpaired) electrons. The summed E-state index contributed by atoms with van der Waals surface area (Å²) in [6.45, 7) is 1.84. The number of H-pyrrole nitrogens is 1. The van der Waals surface area contributed by atoms with E-state index in [0.29, 0.717) is 11.5 Å². The van der Waals surface area contributed by atoms with Gasteiger partial charge < -0.3 is 10.1 Å². The monoisotopic (exact) mass is 163 g/mol.